The molecule has 1 aromatic heterocycles. The van der Waals surface area contributed by atoms with E-state index < -0.39 is 6.10 Å². The summed E-state index contributed by atoms with van der Waals surface area (Å²) in [7, 11) is 1.78. The molecule has 21 heavy (non-hydrogen) atoms. The predicted molar refractivity (Wildman–Crippen MR) is 80.3 cm³/mol. The van der Waals surface area contributed by atoms with Gasteiger partial charge >= 0.3 is 0 Å². The van der Waals surface area contributed by atoms with Gasteiger partial charge in [0.1, 0.15) is 5.69 Å². The SMILES string of the molecule is Cc1cc(C(=O)N2CCCC(O)c3ccccc32)n(C)n1. The van der Waals surface area contributed by atoms with Crippen molar-refractivity contribution in [3.8, 4) is 0 Å². The van der Waals surface area contributed by atoms with E-state index in [1.54, 1.807) is 22.7 Å². The Bertz CT molecular complexity index is 678. The quantitative estimate of drug-likeness (QED) is 0.874. The van der Waals surface area contributed by atoms with Crippen LogP contribution in [0.1, 0.15) is 40.7 Å². The van der Waals surface area contributed by atoms with Crippen molar-refractivity contribution >= 4 is 11.6 Å². The molecule has 1 aliphatic heterocycles. The summed E-state index contributed by atoms with van der Waals surface area (Å²) < 4.78 is 1.61. The van der Waals surface area contributed by atoms with Gasteiger partial charge in [0, 0.05) is 24.8 Å². The Morgan fingerprint density at radius 3 is 2.86 bits per heavy atom. The van der Waals surface area contributed by atoms with Crippen molar-refractivity contribution in [2.75, 3.05) is 11.4 Å². The van der Waals surface area contributed by atoms with Crippen molar-refractivity contribution in [3.63, 3.8) is 0 Å². The number of para-hydroxylation sites is 1. The highest BCUT2D eigenvalue weighted by molar-refractivity contribution is 6.05. The number of benzene rings is 1. The van der Waals surface area contributed by atoms with E-state index in [4.69, 9.17) is 0 Å². The monoisotopic (exact) mass is 285 g/mol. The largest absolute Gasteiger partial charge is 0.388 e. The van der Waals surface area contributed by atoms with E-state index in [1.807, 2.05) is 31.2 Å². The number of carbonyl (C=O) groups excluding carboxylic acids is 1. The minimum absolute atomic E-state index is 0.0698. The van der Waals surface area contributed by atoms with Gasteiger partial charge in [0.2, 0.25) is 0 Å². The second-order valence-electron chi connectivity index (χ2n) is 5.47. The molecule has 110 valence electrons. The van der Waals surface area contributed by atoms with E-state index in [9.17, 15) is 9.90 Å². The van der Waals surface area contributed by atoms with Crippen LogP contribution in [-0.2, 0) is 7.05 Å². The van der Waals surface area contributed by atoms with E-state index in [2.05, 4.69) is 5.10 Å². The maximum Gasteiger partial charge on any atom is 0.276 e. The Kier molecular flexibility index (Phi) is 3.51. The number of hydrogen-bond acceptors (Lipinski definition) is 3. The second-order valence-corrected chi connectivity index (χ2v) is 5.47. The summed E-state index contributed by atoms with van der Waals surface area (Å²) in [5, 5.41) is 14.5. The van der Waals surface area contributed by atoms with Gasteiger partial charge in [-0.15, -0.1) is 0 Å². The molecule has 5 nitrogen and oxygen atoms in total. The number of aliphatic hydroxyl groups is 1. The molecule has 0 saturated carbocycles. The van der Waals surface area contributed by atoms with Crippen LogP contribution in [0.3, 0.4) is 0 Å². The first-order chi connectivity index (χ1) is 10.1. The molecule has 0 radical (unpaired) electrons. The molecule has 0 aliphatic carbocycles. The standard InChI is InChI=1S/C16H19N3O2/c1-11-10-14(18(2)17-11)16(21)19-9-5-8-15(20)12-6-3-4-7-13(12)19/h3-4,6-7,10,15,20H,5,8-9H2,1-2H3. The number of nitrogens with zero attached hydrogens (tertiary/aromatic N) is 3. The van der Waals surface area contributed by atoms with Crippen LogP contribution in [0.4, 0.5) is 5.69 Å². The number of fused-ring (bicyclic) bond motifs is 1. The van der Waals surface area contributed by atoms with Crippen molar-refractivity contribution in [1.82, 2.24) is 9.78 Å². The summed E-state index contributed by atoms with van der Waals surface area (Å²) in [5.41, 5.74) is 3.01. The van der Waals surface area contributed by atoms with Crippen LogP contribution in [0.25, 0.3) is 0 Å². The van der Waals surface area contributed by atoms with Crippen LogP contribution < -0.4 is 4.90 Å². The van der Waals surface area contributed by atoms with E-state index in [1.165, 1.54) is 0 Å². The zero-order valence-electron chi connectivity index (χ0n) is 12.3. The number of carbonyl (C=O) groups is 1. The highest BCUT2D eigenvalue weighted by Crippen LogP contribution is 2.33. The maximum atomic E-state index is 12.8. The molecule has 1 N–H and O–H groups in total. The highest BCUT2D eigenvalue weighted by Gasteiger charge is 2.27. The van der Waals surface area contributed by atoms with Gasteiger partial charge in [0.25, 0.3) is 5.91 Å². The number of aryl methyl sites for hydroxylation is 2. The lowest BCUT2D eigenvalue weighted by molar-refractivity contribution is 0.0977. The predicted octanol–water partition coefficient (Wildman–Crippen LogP) is 2.20. The first-order valence-electron chi connectivity index (χ1n) is 7.17. The number of hydrogen-bond donors (Lipinski definition) is 1. The third-order valence-electron chi connectivity index (χ3n) is 3.91. The lowest BCUT2D eigenvalue weighted by Crippen LogP contribution is -2.33. The van der Waals surface area contributed by atoms with Gasteiger partial charge < -0.3 is 10.0 Å². The van der Waals surface area contributed by atoms with E-state index in [0.29, 0.717) is 18.7 Å². The third-order valence-corrected chi connectivity index (χ3v) is 3.91. The summed E-state index contributed by atoms with van der Waals surface area (Å²) in [6.45, 7) is 2.48. The highest BCUT2D eigenvalue weighted by atomic mass is 16.3. The zero-order chi connectivity index (χ0) is 15.0. The molecule has 2 heterocycles. The van der Waals surface area contributed by atoms with Crippen molar-refractivity contribution in [2.24, 2.45) is 7.05 Å². The zero-order valence-corrected chi connectivity index (χ0v) is 12.3. The number of aromatic nitrogens is 2. The van der Waals surface area contributed by atoms with Gasteiger partial charge in [-0.3, -0.25) is 9.48 Å². The molecule has 1 amide bonds. The van der Waals surface area contributed by atoms with Crippen LogP contribution in [0, 0.1) is 6.92 Å². The molecule has 3 rings (SSSR count). The average molecular weight is 285 g/mol. The molecular weight excluding hydrogens is 266 g/mol. The molecule has 1 unspecified atom stereocenters. The Hall–Kier alpha value is -2.14. The van der Waals surface area contributed by atoms with Gasteiger partial charge in [-0.05, 0) is 31.9 Å². The van der Waals surface area contributed by atoms with Crippen LogP contribution in [0.15, 0.2) is 30.3 Å². The van der Waals surface area contributed by atoms with Crippen LogP contribution in [0.5, 0.6) is 0 Å². The Morgan fingerprint density at radius 1 is 1.38 bits per heavy atom. The molecule has 0 fully saturated rings. The second kappa shape index (κ2) is 5.33. The number of amides is 1. The fourth-order valence-electron chi connectivity index (χ4n) is 2.89. The summed E-state index contributed by atoms with van der Waals surface area (Å²) >= 11 is 0. The summed E-state index contributed by atoms with van der Waals surface area (Å²) in [4.78, 5) is 14.6. The summed E-state index contributed by atoms with van der Waals surface area (Å²) in [6.07, 6.45) is 0.941. The van der Waals surface area contributed by atoms with E-state index in [-0.39, 0.29) is 5.91 Å². The van der Waals surface area contributed by atoms with Gasteiger partial charge in [-0.2, -0.15) is 5.10 Å². The topological polar surface area (TPSA) is 58.4 Å². The minimum Gasteiger partial charge on any atom is -0.388 e. The van der Waals surface area contributed by atoms with E-state index in [0.717, 1.165) is 23.4 Å². The van der Waals surface area contributed by atoms with Gasteiger partial charge in [0.15, 0.2) is 0 Å². The van der Waals surface area contributed by atoms with Crippen LogP contribution in [0.2, 0.25) is 0 Å². The number of aliphatic hydroxyl groups excluding tert-OH is 1. The fourth-order valence-corrected chi connectivity index (χ4v) is 2.89. The molecule has 1 aromatic carbocycles. The van der Waals surface area contributed by atoms with Crippen molar-refractivity contribution < 1.29 is 9.90 Å². The Balaban J connectivity index is 2.04. The van der Waals surface area contributed by atoms with Crippen molar-refractivity contribution in [3.05, 3.63) is 47.3 Å². The first kappa shape index (κ1) is 13.8. The average Bonchev–Trinajstić information content (AvgIpc) is 2.71. The van der Waals surface area contributed by atoms with Crippen molar-refractivity contribution in [1.29, 1.82) is 0 Å². The van der Waals surface area contributed by atoms with Crippen LogP contribution >= 0.6 is 0 Å². The molecule has 0 spiro atoms. The normalized spacial score (nSPS) is 18.2. The number of anilines is 1. The molecule has 2 aromatic rings. The molecular formula is C16H19N3O2. The molecule has 0 bridgehead atoms. The minimum atomic E-state index is -0.507. The molecule has 0 saturated heterocycles. The summed E-state index contributed by atoms with van der Waals surface area (Å²) in [5.74, 6) is -0.0698. The van der Waals surface area contributed by atoms with Gasteiger partial charge in [-0.25, -0.2) is 0 Å². The Morgan fingerprint density at radius 2 is 2.14 bits per heavy atom. The van der Waals surface area contributed by atoms with Crippen LogP contribution in [-0.4, -0.2) is 27.3 Å². The Labute approximate surface area is 123 Å². The first-order valence-corrected chi connectivity index (χ1v) is 7.17. The summed E-state index contributed by atoms with van der Waals surface area (Å²) in [6, 6.07) is 9.37. The third kappa shape index (κ3) is 2.45. The molecule has 1 atom stereocenters. The van der Waals surface area contributed by atoms with E-state index >= 15 is 0 Å². The smallest absolute Gasteiger partial charge is 0.276 e. The van der Waals surface area contributed by atoms with Gasteiger partial charge in [-0.1, -0.05) is 18.2 Å². The number of rotatable bonds is 1. The lowest BCUT2D eigenvalue weighted by atomic mass is 10.0. The van der Waals surface area contributed by atoms with Gasteiger partial charge in [0.05, 0.1) is 11.8 Å². The van der Waals surface area contributed by atoms with Crippen molar-refractivity contribution in [2.45, 2.75) is 25.9 Å². The fraction of sp³-hybridized carbons (Fsp3) is 0.375. The molecule has 5 heteroatoms. The lowest BCUT2D eigenvalue weighted by Gasteiger charge is -2.23. The molecule has 1 aliphatic rings. The maximum absolute atomic E-state index is 12.8.